The van der Waals surface area contributed by atoms with E-state index in [1.165, 1.54) is 13.8 Å². The van der Waals surface area contributed by atoms with Gasteiger partial charge in [-0.25, -0.2) is 14.0 Å². The topological polar surface area (TPSA) is 136 Å². The Kier molecular flexibility index (Phi) is 7.94. The minimum atomic E-state index is -2.53. The highest BCUT2D eigenvalue weighted by Gasteiger charge is 2.24. The summed E-state index contributed by atoms with van der Waals surface area (Å²) in [6, 6.07) is 4.81. The zero-order valence-corrected chi connectivity index (χ0v) is 20.1. The predicted molar refractivity (Wildman–Crippen MR) is 122 cm³/mol. The number of thiol groups is 1. The smallest absolute Gasteiger partial charge is 0.353 e. The molecule has 1 aromatic carbocycles. The summed E-state index contributed by atoms with van der Waals surface area (Å²) >= 11 is 0.954. The second kappa shape index (κ2) is 9.87. The monoisotopic (exact) mass is 464 g/mol. The second-order valence-electron chi connectivity index (χ2n) is 8.24. The van der Waals surface area contributed by atoms with Crippen LogP contribution >= 0.6 is 11.3 Å². The summed E-state index contributed by atoms with van der Waals surface area (Å²) in [6.45, 7) is 10.4. The Balaban J connectivity index is 2.47. The van der Waals surface area contributed by atoms with Gasteiger partial charge in [-0.15, -0.1) is 15.7 Å². The van der Waals surface area contributed by atoms with E-state index in [0.717, 1.165) is 22.5 Å². The molecule has 1 atom stereocenters. The molecule has 0 saturated heterocycles. The minimum Gasteiger partial charge on any atom is -0.390 e. The average Bonchev–Trinajstić information content (AvgIpc) is 3.12. The number of aliphatic hydroxyl groups excluding tert-OH is 1. The van der Waals surface area contributed by atoms with E-state index >= 15 is 0 Å². The molecule has 3 N–H and O–H groups in total. The van der Waals surface area contributed by atoms with Crippen LogP contribution in [0.5, 0.6) is 0 Å². The van der Waals surface area contributed by atoms with E-state index in [4.69, 9.17) is 0 Å². The van der Waals surface area contributed by atoms with E-state index < -0.39 is 28.8 Å². The van der Waals surface area contributed by atoms with Crippen molar-refractivity contribution in [3.8, 4) is 6.07 Å². The molecule has 1 aromatic heterocycles. The summed E-state index contributed by atoms with van der Waals surface area (Å²) in [7, 11) is -2.53. The normalized spacial score (nSPS) is 12.9. The van der Waals surface area contributed by atoms with Crippen LogP contribution in [0.2, 0.25) is 0 Å². The van der Waals surface area contributed by atoms with Crippen LogP contribution in [-0.4, -0.2) is 25.4 Å². The van der Waals surface area contributed by atoms with Gasteiger partial charge in [-0.1, -0.05) is 27.7 Å². The number of benzene rings is 1. The predicted octanol–water partition coefficient (Wildman–Crippen LogP) is 4.24. The maximum Gasteiger partial charge on any atom is 0.353 e. The maximum atomic E-state index is 12.8. The molecule has 1 heterocycles. The lowest BCUT2D eigenvalue weighted by Crippen LogP contribution is -2.14. The van der Waals surface area contributed by atoms with Crippen LogP contribution in [-0.2, 0) is 22.8 Å². The van der Waals surface area contributed by atoms with E-state index in [1.54, 1.807) is 12.1 Å². The highest BCUT2D eigenvalue weighted by atomic mass is 32.2. The number of nitrogens with zero attached hydrogens (tertiary/aromatic N) is 3. The first kappa shape index (κ1) is 24.9. The first-order valence-electron chi connectivity index (χ1n) is 9.80. The van der Waals surface area contributed by atoms with Gasteiger partial charge in [0.2, 0.25) is 0 Å². The van der Waals surface area contributed by atoms with Crippen molar-refractivity contribution in [2.75, 3.05) is 5.32 Å². The third-order valence-corrected chi connectivity index (χ3v) is 7.43. The Hall–Kier alpha value is -2.32. The molecule has 0 bridgehead atoms. The molecule has 0 spiro atoms. The molecule has 2 aromatic rings. The third kappa shape index (κ3) is 5.89. The van der Waals surface area contributed by atoms with Gasteiger partial charge in [0.25, 0.3) is 0 Å². The Morgan fingerprint density at radius 3 is 2.26 bits per heavy atom. The fourth-order valence-corrected chi connectivity index (χ4v) is 5.08. The number of rotatable bonds is 6. The van der Waals surface area contributed by atoms with E-state index in [0.29, 0.717) is 11.3 Å². The Morgan fingerprint density at radius 2 is 1.84 bits per heavy atom. The molecule has 8 nitrogen and oxygen atoms in total. The van der Waals surface area contributed by atoms with Gasteiger partial charge in [-0.3, -0.25) is 0 Å². The molecule has 0 aliphatic rings. The van der Waals surface area contributed by atoms with Gasteiger partial charge in [-0.2, -0.15) is 5.26 Å². The molecule has 0 radical (unpaired) electrons. The Labute approximate surface area is 188 Å². The van der Waals surface area contributed by atoms with E-state index in [2.05, 4.69) is 20.7 Å². The molecule has 0 aliphatic heterocycles. The van der Waals surface area contributed by atoms with Crippen LogP contribution in [0.25, 0.3) is 0 Å². The van der Waals surface area contributed by atoms with Crippen molar-refractivity contribution in [1.82, 2.24) is 4.98 Å². The van der Waals surface area contributed by atoms with Crippen LogP contribution in [0.3, 0.4) is 0 Å². The molecule has 2 rings (SSSR count). The average molecular weight is 465 g/mol. The van der Waals surface area contributed by atoms with Crippen molar-refractivity contribution in [3.05, 3.63) is 39.5 Å². The lowest BCUT2D eigenvalue weighted by atomic mass is 9.90. The second-order valence-corrected chi connectivity index (χ2v) is 10.7. The number of carbonyl (C=O) groups is 1. The molecule has 10 heteroatoms. The minimum absolute atomic E-state index is 0.0340. The fourth-order valence-electron chi connectivity index (χ4n) is 2.92. The molecule has 0 saturated carbocycles. The number of nitrogens with one attached hydrogen (secondary N) is 1. The lowest BCUT2D eigenvalue weighted by molar-refractivity contribution is 0.0779. The van der Waals surface area contributed by atoms with Crippen molar-refractivity contribution >= 4 is 33.7 Å². The number of carbonyl (C=O) groups excluding carboxylic acids is 1. The zero-order valence-electron chi connectivity index (χ0n) is 18.4. The van der Waals surface area contributed by atoms with Crippen LogP contribution in [0, 0.1) is 11.3 Å². The summed E-state index contributed by atoms with van der Waals surface area (Å²) in [5.74, 6) is 0.0680. The number of anilines is 1. The SMILES string of the molecule is CC(C)c1cc(C#N)cc(C(C)C)c1NC(=O)/N=[SH](=O)\c1sc(C(C)(C)O)nc1CO. The number of hydrogen-bond acceptors (Lipinski definition) is 7. The van der Waals surface area contributed by atoms with Crippen LogP contribution in [0.4, 0.5) is 10.5 Å². The van der Waals surface area contributed by atoms with Gasteiger partial charge < -0.3 is 15.5 Å². The number of amides is 2. The first-order chi connectivity index (χ1) is 14.4. The number of nitriles is 1. The number of urea groups is 1. The molecular formula is C21H28N4O4S2. The van der Waals surface area contributed by atoms with Gasteiger partial charge >= 0.3 is 6.03 Å². The maximum absolute atomic E-state index is 12.8. The highest BCUT2D eigenvalue weighted by molar-refractivity contribution is 7.78. The van der Waals surface area contributed by atoms with Crippen molar-refractivity contribution in [1.29, 1.82) is 5.26 Å². The van der Waals surface area contributed by atoms with E-state index in [1.807, 2.05) is 27.7 Å². The summed E-state index contributed by atoms with van der Waals surface area (Å²) in [6.07, 6.45) is 0. The lowest BCUT2D eigenvalue weighted by Gasteiger charge is -2.20. The molecule has 31 heavy (non-hydrogen) atoms. The summed E-state index contributed by atoms with van der Waals surface area (Å²) in [5.41, 5.74) is 1.50. The van der Waals surface area contributed by atoms with Gasteiger partial charge in [0.15, 0.2) is 0 Å². The van der Waals surface area contributed by atoms with Gasteiger partial charge in [0.1, 0.15) is 14.8 Å². The van der Waals surface area contributed by atoms with E-state index in [9.17, 15) is 24.5 Å². The number of aliphatic hydroxyl groups is 2. The van der Waals surface area contributed by atoms with Crippen LogP contribution < -0.4 is 5.32 Å². The van der Waals surface area contributed by atoms with Crippen LogP contribution in [0.15, 0.2) is 20.7 Å². The molecule has 0 aliphatic carbocycles. The summed E-state index contributed by atoms with van der Waals surface area (Å²) in [4.78, 5) is 16.8. The fraction of sp³-hybridized carbons (Fsp3) is 0.476. The first-order valence-corrected chi connectivity index (χ1v) is 11.8. The van der Waals surface area contributed by atoms with Crippen molar-refractivity contribution in [2.24, 2.45) is 4.36 Å². The number of thiazole rings is 1. The van der Waals surface area contributed by atoms with E-state index in [-0.39, 0.29) is 26.7 Å². The van der Waals surface area contributed by atoms with Crippen molar-refractivity contribution in [2.45, 2.75) is 69.8 Å². The number of hydrogen-bond donors (Lipinski definition) is 4. The molecule has 0 fully saturated rings. The zero-order chi connectivity index (χ0) is 23.5. The van der Waals surface area contributed by atoms with Crippen LogP contribution in [0.1, 0.15) is 80.8 Å². The van der Waals surface area contributed by atoms with Crippen molar-refractivity contribution < 1.29 is 19.2 Å². The number of aromatic nitrogens is 1. The Bertz CT molecular complexity index is 1070. The standard InChI is InChI=1S/C21H28N4O4S2/c1-11(2)14-7-13(9-22)8-15(12(3)4)17(14)24-20(27)25-31(29)18-16(10-26)23-19(30-18)21(5,6)28/h7-8,11-12,26,28,31H,10H2,1-6H3,(H,24,27). The van der Waals surface area contributed by atoms with Crippen molar-refractivity contribution in [3.63, 3.8) is 0 Å². The Morgan fingerprint density at radius 1 is 1.29 bits per heavy atom. The third-order valence-electron chi connectivity index (χ3n) is 4.51. The van der Waals surface area contributed by atoms with Gasteiger partial charge in [-0.05, 0) is 48.9 Å². The van der Waals surface area contributed by atoms with Gasteiger partial charge in [0.05, 0.1) is 34.5 Å². The highest BCUT2D eigenvalue weighted by Crippen LogP contribution is 2.34. The molecule has 2 amide bonds. The molecule has 168 valence electrons. The summed E-state index contributed by atoms with van der Waals surface area (Å²) in [5, 5.41) is 32.0. The van der Waals surface area contributed by atoms with Gasteiger partial charge in [0, 0.05) is 5.69 Å². The molecular weight excluding hydrogens is 436 g/mol. The summed E-state index contributed by atoms with van der Waals surface area (Å²) < 4.78 is 16.7. The quantitative estimate of drug-likeness (QED) is 0.472. The largest absolute Gasteiger partial charge is 0.390 e. The molecule has 1 unspecified atom stereocenters.